The van der Waals surface area contributed by atoms with Gasteiger partial charge in [-0.2, -0.15) is 0 Å². The Kier molecular flexibility index (Phi) is 3.97. The molecule has 1 atom stereocenters. The molecule has 0 bridgehead atoms. The highest BCUT2D eigenvalue weighted by atomic mass is 16.6. The van der Waals surface area contributed by atoms with Gasteiger partial charge in [0.05, 0.1) is 0 Å². The van der Waals surface area contributed by atoms with Crippen molar-refractivity contribution in [3.05, 3.63) is 35.9 Å². The van der Waals surface area contributed by atoms with Crippen molar-refractivity contribution in [1.29, 1.82) is 0 Å². The van der Waals surface area contributed by atoms with Crippen LogP contribution in [0.5, 0.6) is 0 Å². The normalized spacial score (nSPS) is 19.7. The summed E-state index contributed by atoms with van der Waals surface area (Å²) in [6, 6.07) is 9.50. The van der Waals surface area contributed by atoms with Crippen LogP contribution in [0.25, 0.3) is 0 Å². The van der Waals surface area contributed by atoms with Crippen molar-refractivity contribution >= 4 is 11.9 Å². The van der Waals surface area contributed by atoms with E-state index in [4.69, 9.17) is 4.74 Å². The summed E-state index contributed by atoms with van der Waals surface area (Å²) in [5.41, 5.74) is 0.964. The third kappa shape index (κ3) is 3.09. The highest BCUT2D eigenvalue weighted by Crippen LogP contribution is 2.15. The average molecular weight is 247 g/mol. The smallest absolute Gasteiger partial charge is 0.410 e. The Hall–Kier alpha value is -1.84. The molecule has 1 fully saturated rings. The Morgan fingerprint density at radius 3 is 2.78 bits per heavy atom. The van der Waals surface area contributed by atoms with E-state index in [9.17, 15) is 9.59 Å². The lowest BCUT2D eigenvalue weighted by Gasteiger charge is -2.31. The number of carbonyl (C=O) groups excluding carboxylic acids is 2. The minimum atomic E-state index is -0.334. The molecule has 1 aliphatic rings. The molecule has 0 saturated carbocycles. The second kappa shape index (κ2) is 5.67. The predicted molar refractivity (Wildman–Crippen MR) is 67.0 cm³/mol. The molecule has 0 radical (unpaired) electrons. The lowest BCUT2D eigenvalue weighted by molar-refractivity contribution is -0.122. The van der Waals surface area contributed by atoms with Crippen LogP contribution < -0.4 is 0 Å². The number of Topliss-reactive ketones (excluding diaryl/α,β-unsaturated/α-hetero) is 1. The van der Waals surface area contributed by atoms with Gasteiger partial charge in [0.2, 0.25) is 0 Å². The standard InChI is InChI=1S/C14H17NO3/c1-11-9-13(16)7-8-15(11)14(17)18-10-12-5-3-2-4-6-12/h2-6,11H,7-10H2,1H3/t11-/m0/s1. The molecule has 18 heavy (non-hydrogen) atoms. The minimum absolute atomic E-state index is 0.0606. The van der Waals surface area contributed by atoms with Gasteiger partial charge in [0.15, 0.2) is 0 Å². The molecule has 0 unspecified atom stereocenters. The summed E-state index contributed by atoms with van der Waals surface area (Å²) >= 11 is 0. The monoisotopic (exact) mass is 247 g/mol. The zero-order valence-corrected chi connectivity index (χ0v) is 10.5. The number of carbonyl (C=O) groups is 2. The first-order valence-corrected chi connectivity index (χ1v) is 6.16. The van der Waals surface area contributed by atoms with E-state index in [1.807, 2.05) is 37.3 Å². The largest absolute Gasteiger partial charge is 0.445 e. The fourth-order valence-electron chi connectivity index (χ4n) is 2.08. The number of amides is 1. The molecule has 1 saturated heterocycles. The van der Waals surface area contributed by atoms with E-state index in [1.165, 1.54) is 0 Å². The van der Waals surface area contributed by atoms with E-state index >= 15 is 0 Å². The maximum Gasteiger partial charge on any atom is 0.410 e. The van der Waals surface area contributed by atoms with Gasteiger partial charge in [-0.25, -0.2) is 4.79 Å². The zero-order chi connectivity index (χ0) is 13.0. The Bertz CT molecular complexity index is 430. The van der Waals surface area contributed by atoms with Crippen LogP contribution in [0.1, 0.15) is 25.3 Å². The first kappa shape index (κ1) is 12.6. The lowest BCUT2D eigenvalue weighted by atomic mass is 10.0. The Balaban J connectivity index is 1.86. The van der Waals surface area contributed by atoms with Gasteiger partial charge < -0.3 is 9.64 Å². The van der Waals surface area contributed by atoms with Crippen molar-refractivity contribution in [1.82, 2.24) is 4.90 Å². The Labute approximate surface area is 107 Å². The lowest BCUT2D eigenvalue weighted by Crippen LogP contribution is -2.45. The van der Waals surface area contributed by atoms with Crippen LogP contribution >= 0.6 is 0 Å². The molecule has 1 aliphatic heterocycles. The van der Waals surface area contributed by atoms with E-state index in [0.29, 0.717) is 19.4 Å². The number of nitrogens with zero attached hydrogens (tertiary/aromatic N) is 1. The molecule has 4 nitrogen and oxygen atoms in total. The van der Waals surface area contributed by atoms with Gasteiger partial charge in [-0.1, -0.05) is 30.3 Å². The molecule has 1 aromatic carbocycles. The van der Waals surface area contributed by atoms with E-state index in [0.717, 1.165) is 5.56 Å². The second-order valence-corrected chi connectivity index (χ2v) is 4.58. The van der Waals surface area contributed by atoms with Crippen LogP contribution in [0.4, 0.5) is 4.79 Å². The molecule has 1 heterocycles. The SMILES string of the molecule is C[C@H]1CC(=O)CCN1C(=O)OCc1ccccc1. The fourth-order valence-corrected chi connectivity index (χ4v) is 2.08. The zero-order valence-electron chi connectivity index (χ0n) is 10.5. The number of ether oxygens (including phenoxy) is 1. The first-order chi connectivity index (χ1) is 8.66. The molecule has 0 aliphatic carbocycles. The van der Waals surface area contributed by atoms with Crippen molar-refractivity contribution in [3.8, 4) is 0 Å². The van der Waals surface area contributed by atoms with Gasteiger partial charge >= 0.3 is 6.09 Å². The van der Waals surface area contributed by atoms with Crippen LogP contribution in [0.15, 0.2) is 30.3 Å². The maximum absolute atomic E-state index is 11.9. The van der Waals surface area contributed by atoms with Crippen molar-refractivity contribution in [3.63, 3.8) is 0 Å². The number of likely N-dealkylation sites (tertiary alicyclic amines) is 1. The summed E-state index contributed by atoms with van der Waals surface area (Å²) in [4.78, 5) is 24.8. The van der Waals surface area contributed by atoms with Crippen molar-refractivity contribution in [2.24, 2.45) is 0 Å². The number of piperidine rings is 1. The molecule has 0 spiro atoms. The Morgan fingerprint density at radius 2 is 2.11 bits per heavy atom. The van der Waals surface area contributed by atoms with Gasteiger partial charge in [0, 0.05) is 25.4 Å². The predicted octanol–water partition coefficient (Wildman–Crippen LogP) is 2.38. The second-order valence-electron chi connectivity index (χ2n) is 4.58. The van der Waals surface area contributed by atoms with Crippen molar-refractivity contribution in [2.75, 3.05) is 6.54 Å². The molecule has 0 N–H and O–H groups in total. The van der Waals surface area contributed by atoms with E-state index in [2.05, 4.69) is 0 Å². The number of hydrogen-bond acceptors (Lipinski definition) is 3. The molecule has 1 aromatic rings. The van der Waals surface area contributed by atoms with E-state index in [-0.39, 0.29) is 24.5 Å². The van der Waals surface area contributed by atoms with Crippen molar-refractivity contribution in [2.45, 2.75) is 32.4 Å². The number of rotatable bonds is 2. The highest BCUT2D eigenvalue weighted by molar-refractivity contribution is 5.82. The quantitative estimate of drug-likeness (QED) is 0.806. The Morgan fingerprint density at radius 1 is 1.39 bits per heavy atom. The molecule has 4 heteroatoms. The van der Waals surface area contributed by atoms with Crippen LogP contribution in [0.2, 0.25) is 0 Å². The van der Waals surface area contributed by atoms with Gasteiger partial charge in [-0.3, -0.25) is 4.79 Å². The van der Waals surface area contributed by atoms with Gasteiger partial charge in [0.25, 0.3) is 0 Å². The van der Waals surface area contributed by atoms with Crippen LogP contribution in [0, 0.1) is 0 Å². The summed E-state index contributed by atoms with van der Waals surface area (Å²) in [5, 5.41) is 0. The number of hydrogen-bond donors (Lipinski definition) is 0. The first-order valence-electron chi connectivity index (χ1n) is 6.16. The maximum atomic E-state index is 11.9. The molecule has 96 valence electrons. The summed E-state index contributed by atoms with van der Waals surface area (Å²) in [6.45, 7) is 2.62. The van der Waals surface area contributed by atoms with Gasteiger partial charge in [-0.05, 0) is 12.5 Å². The van der Waals surface area contributed by atoms with Crippen molar-refractivity contribution < 1.29 is 14.3 Å². The van der Waals surface area contributed by atoms with Crippen LogP contribution in [0.3, 0.4) is 0 Å². The number of ketones is 1. The topological polar surface area (TPSA) is 46.6 Å². The number of benzene rings is 1. The van der Waals surface area contributed by atoms with Gasteiger partial charge in [0.1, 0.15) is 12.4 Å². The van der Waals surface area contributed by atoms with E-state index in [1.54, 1.807) is 4.90 Å². The van der Waals surface area contributed by atoms with Crippen LogP contribution in [-0.2, 0) is 16.1 Å². The molecule has 2 rings (SSSR count). The molecular formula is C14H17NO3. The molecule has 1 amide bonds. The average Bonchev–Trinajstić information content (AvgIpc) is 2.37. The fraction of sp³-hybridized carbons (Fsp3) is 0.429. The summed E-state index contributed by atoms with van der Waals surface area (Å²) in [7, 11) is 0. The third-order valence-electron chi connectivity index (χ3n) is 3.13. The van der Waals surface area contributed by atoms with Gasteiger partial charge in [-0.15, -0.1) is 0 Å². The summed E-state index contributed by atoms with van der Waals surface area (Å²) in [6.07, 6.45) is 0.532. The molecule has 0 aromatic heterocycles. The minimum Gasteiger partial charge on any atom is -0.445 e. The molecular weight excluding hydrogens is 230 g/mol. The van der Waals surface area contributed by atoms with E-state index < -0.39 is 0 Å². The van der Waals surface area contributed by atoms with Crippen LogP contribution in [-0.4, -0.2) is 29.4 Å². The third-order valence-corrected chi connectivity index (χ3v) is 3.13. The summed E-state index contributed by atoms with van der Waals surface area (Å²) < 4.78 is 5.25. The summed E-state index contributed by atoms with van der Waals surface area (Å²) in [5.74, 6) is 0.217. The highest BCUT2D eigenvalue weighted by Gasteiger charge is 2.28.